The number of nitrogens with zero attached hydrogens (tertiary/aromatic N) is 3. The summed E-state index contributed by atoms with van der Waals surface area (Å²) in [4.78, 5) is 3.81. The van der Waals surface area contributed by atoms with Crippen molar-refractivity contribution >= 4 is 5.82 Å². The highest BCUT2D eigenvalue weighted by molar-refractivity contribution is 5.38. The fourth-order valence-corrected chi connectivity index (χ4v) is 1.31. The van der Waals surface area contributed by atoms with Crippen molar-refractivity contribution in [3.05, 3.63) is 47.9 Å². The molecule has 0 spiro atoms. The van der Waals surface area contributed by atoms with Crippen molar-refractivity contribution < 1.29 is 13.2 Å². The molecule has 2 heterocycles. The Balaban J connectivity index is 2.06. The number of halogens is 3. The first-order chi connectivity index (χ1) is 8.55. The minimum absolute atomic E-state index is 0.149. The average Bonchev–Trinajstić information content (AvgIpc) is 2.37. The van der Waals surface area contributed by atoms with Gasteiger partial charge in [-0.3, -0.25) is 0 Å². The van der Waals surface area contributed by atoms with E-state index in [1.54, 1.807) is 12.1 Å². The van der Waals surface area contributed by atoms with E-state index < -0.39 is 11.7 Å². The molecule has 0 aliphatic rings. The van der Waals surface area contributed by atoms with Gasteiger partial charge in [-0.2, -0.15) is 23.4 Å². The van der Waals surface area contributed by atoms with Crippen LogP contribution >= 0.6 is 0 Å². The third kappa shape index (κ3) is 3.16. The SMILES string of the molecule is FC(F)(F)c1ccnc(NCc2cccnn2)c1. The molecule has 4 nitrogen and oxygen atoms in total. The number of hydrogen-bond donors (Lipinski definition) is 1. The van der Waals surface area contributed by atoms with E-state index >= 15 is 0 Å². The molecule has 0 saturated carbocycles. The summed E-state index contributed by atoms with van der Waals surface area (Å²) in [5.74, 6) is 0.149. The maximum Gasteiger partial charge on any atom is 0.416 e. The number of nitrogens with one attached hydrogen (secondary N) is 1. The Morgan fingerprint density at radius 2 is 2.00 bits per heavy atom. The van der Waals surface area contributed by atoms with Crippen LogP contribution in [0.4, 0.5) is 19.0 Å². The lowest BCUT2D eigenvalue weighted by Crippen LogP contribution is -2.08. The van der Waals surface area contributed by atoms with Crippen molar-refractivity contribution in [2.75, 3.05) is 5.32 Å². The van der Waals surface area contributed by atoms with Gasteiger partial charge in [-0.05, 0) is 24.3 Å². The molecule has 0 aliphatic heterocycles. The standard InChI is InChI=1S/C11H9F3N4/c12-11(13,14)8-3-5-15-10(6-8)16-7-9-2-1-4-17-18-9/h1-6H,7H2,(H,15,16). The molecule has 7 heteroatoms. The van der Waals surface area contributed by atoms with Crippen LogP contribution in [0.1, 0.15) is 11.3 Å². The summed E-state index contributed by atoms with van der Waals surface area (Å²) in [5, 5.41) is 10.2. The van der Waals surface area contributed by atoms with Crippen LogP contribution in [0.15, 0.2) is 36.7 Å². The van der Waals surface area contributed by atoms with Crippen LogP contribution in [0.3, 0.4) is 0 Å². The highest BCUT2D eigenvalue weighted by Gasteiger charge is 2.30. The zero-order valence-electron chi connectivity index (χ0n) is 9.15. The fourth-order valence-electron chi connectivity index (χ4n) is 1.31. The summed E-state index contributed by atoms with van der Waals surface area (Å²) in [6, 6.07) is 5.29. The Kier molecular flexibility index (Phi) is 3.40. The summed E-state index contributed by atoms with van der Waals surface area (Å²) in [5.41, 5.74) is -0.115. The first-order valence-electron chi connectivity index (χ1n) is 5.09. The van der Waals surface area contributed by atoms with Gasteiger partial charge in [-0.1, -0.05) is 0 Å². The Labute approximate surface area is 101 Å². The summed E-state index contributed by atoms with van der Waals surface area (Å²) in [7, 11) is 0. The molecular formula is C11H9F3N4. The predicted molar refractivity (Wildman–Crippen MR) is 58.6 cm³/mol. The van der Waals surface area contributed by atoms with Crippen molar-refractivity contribution in [2.24, 2.45) is 0 Å². The molecule has 2 aromatic rings. The molecular weight excluding hydrogens is 245 g/mol. The maximum atomic E-state index is 12.5. The Bertz CT molecular complexity index is 513. The number of pyridine rings is 1. The van der Waals surface area contributed by atoms with Crippen LogP contribution < -0.4 is 5.32 Å². The zero-order chi connectivity index (χ0) is 13.0. The Hall–Kier alpha value is -2.18. The van der Waals surface area contributed by atoms with E-state index in [4.69, 9.17) is 0 Å². The van der Waals surface area contributed by atoms with E-state index in [9.17, 15) is 13.2 Å². The van der Waals surface area contributed by atoms with Crippen LogP contribution in [0, 0.1) is 0 Å². The molecule has 0 aliphatic carbocycles. The summed E-state index contributed by atoms with van der Waals surface area (Å²) >= 11 is 0. The van der Waals surface area contributed by atoms with Crippen molar-refractivity contribution in [2.45, 2.75) is 12.7 Å². The van der Waals surface area contributed by atoms with E-state index in [2.05, 4.69) is 20.5 Å². The highest BCUT2D eigenvalue weighted by atomic mass is 19.4. The number of aromatic nitrogens is 3. The normalized spacial score (nSPS) is 11.3. The van der Waals surface area contributed by atoms with E-state index in [1.165, 1.54) is 6.20 Å². The fraction of sp³-hybridized carbons (Fsp3) is 0.182. The monoisotopic (exact) mass is 254 g/mol. The second-order valence-corrected chi connectivity index (χ2v) is 3.50. The van der Waals surface area contributed by atoms with Gasteiger partial charge in [0, 0.05) is 12.4 Å². The zero-order valence-corrected chi connectivity index (χ0v) is 9.15. The molecule has 0 atom stereocenters. The van der Waals surface area contributed by atoms with E-state index in [0.29, 0.717) is 5.69 Å². The molecule has 0 amide bonds. The largest absolute Gasteiger partial charge is 0.416 e. The van der Waals surface area contributed by atoms with Crippen molar-refractivity contribution in [3.63, 3.8) is 0 Å². The molecule has 1 N–H and O–H groups in total. The lowest BCUT2D eigenvalue weighted by Gasteiger charge is -2.09. The van der Waals surface area contributed by atoms with Gasteiger partial charge in [-0.25, -0.2) is 4.98 Å². The molecule has 0 fully saturated rings. The molecule has 0 aromatic carbocycles. The minimum Gasteiger partial charge on any atom is -0.364 e. The van der Waals surface area contributed by atoms with Crippen molar-refractivity contribution in [1.29, 1.82) is 0 Å². The second-order valence-electron chi connectivity index (χ2n) is 3.50. The summed E-state index contributed by atoms with van der Waals surface area (Å²) in [6.45, 7) is 0.266. The third-order valence-corrected chi connectivity index (χ3v) is 2.17. The maximum absolute atomic E-state index is 12.5. The second kappa shape index (κ2) is 4.99. The van der Waals surface area contributed by atoms with Crippen LogP contribution in [0.25, 0.3) is 0 Å². The lowest BCUT2D eigenvalue weighted by molar-refractivity contribution is -0.137. The van der Waals surface area contributed by atoms with Crippen LogP contribution in [-0.2, 0) is 12.7 Å². The van der Waals surface area contributed by atoms with Gasteiger partial charge < -0.3 is 5.32 Å². The van der Waals surface area contributed by atoms with Gasteiger partial charge >= 0.3 is 6.18 Å². The molecule has 18 heavy (non-hydrogen) atoms. The first kappa shape index (κ1) is 12.3. The smallest absolute Gasteiger partial charge is 0.364 e. The molecule has 0 unspecified atom stereocenters. The number of hydrogen-bond acceptors (Lipinski definition) is 4. The van der Waals surface area contributed by atoms with Crippen molar-refractivity contribution in [1.82, 2.24) is 15.2 Å². The lowest BCUT2D eigenvalue weighted by atomic mass is 10.2. The molecule has 0 bridgehead atoms. The molecule has 2 aromatic heterocycles. The van der Waals surface area contributed by atoms with E-state index in [0.717, 1.165) is 18.3 Å². The topological polar surface area (TPSA) is 50.7 Å². The van der Waals surface area contributed by atoms with E-state index in [-0.39, 0.29) is 12.4 Å². The third-order valence-electron chi connectivity index (χ3n) is 2.17. The van der Waals surface area contributed by atoms with Gasteiger partial charge in [-0.15, -0.1) is 0 Å². The molecule has 0 saturated heterocycles. The number of rotatable bonds is 3. The number of alkyl halides is 3. The highest BCUT2D eigenvalue weighted by Crippen LogP contribution is 2.29. The van der Waals surface area contributed by atoms with E-state index in [1.807, 2.05) is 0 Å². The molecule has 0 radical (unpaired) electrons. The van der Waals surface area contributed by atoms with Gasteiger partial charge in [0.15, 0.2) is 0 Å². The number of anilines is 1. The van der Waals surface area contributed by atoms with Crippen molar-refractivity contribution in [3.8, 4) is 0 Å². The minimum atomic E-state index is -4.37. The van der Waals surface area contributed by atoms with Gasteiger partial charge in [0.25, 0.3) is 0 Å². The van der Waals surface area contributed by atoms with Gasteiger partial charge in [0.05, 0.1) is 17.8 Å². The molecule has 94 valence electrons. The Morgan fingerprint density at radius 1 is 1.17 bits per heavy atom. The summed E-state index contributed by atoms with van der Waals surface area (Å²) in [6.07, 6.45) is -1.74. The first-order valence-corrected chi connectivity index (χ1v) is 5.09. The van der Waals surface area contributed by atoms with Gasteiger partial charge in [0.2, 0.25) is 0 Å². The van der Waals surface area contributed by atoms with Crippen LogP contribution in [0.2, 0.25) is 0 Å². The molecule has 2 rings (SSSR count). The van der Waals surface area contributed by atoms with Crippen LogP contribution in [-0.4, -0.2) is 15.2 Å². The summed E-state index contributed by atoms with van der Waals surface area (Å²) < 4.78 is 37.4. The Morgan fingerprint density at radius 3 is 2.67 bits per heavy atom. The average molecular weight is 254 g/mol. The van der Waals surface area contributed by atoms with Gasteiger partial charge in [0.1, 0.15) is 5.82 Å². The van der Waals surface area contributed by atoms with Crippen LogP contribution in [0.5, 0.6) is 0 Å². The predicted octanol–water partition coefficient (Wildman–Crippen LogP) is 2.50. The quantitative estimate of drug-likeness (QED) is 0.914.